The van der Waals surface area contributed by atoms with E-state index >= 15 is 0 Å². The average molecular weight is 390 g/mol. The lowest BCUT2D eigenvalue weighted by molar-refractivity contribution is -0.386. The number of carbonyl (C=O) groups is 1. The monoisotopic (exact) mass is 390 g/mol. The van der Waals surface area contributed by atoms with Crippen LogP contribution in [0.5, 0.6) is 5.75 Å². The lowest BCUT2D eigenvalue weighted by Crippen LogP contribution is -2.44. The van der Waals surface area contributed by atoms with Gasteiger partial charge in [-0.1, -0.05) is 13.0 Å². The smallest absolute Gasteiger partial charge is 0.410 e. The second-order valence-electron chi connectivity index (χ2n) is 8.20. The SMILES string of the molecule is CCC1C=C(c2ccc([N+](=O)[O-])c(OC(C)C)c2)CCN1C(=O)OC(C)(C)C. The Kier molecular flexibility index (Phi) is 6.69. The van der Waals surface area contributed by atoms with Gasteiger partial charge in [0.1, 0.15) is 5.60 Å². The minimum atomic E-state index is -0.541. The Morgan fingerprint density at radius 1 is 1.36 bits per heavy atom. The van der Waals surface area contributed by atoms with Crippen LogP contribution in [-0.4, -0.2) is 40.2 Å². The Bertz CT molecular complexity index is 765. The molecule has 7 nitrogen and oxygen atoms in total. The molecule has 0 spiro atoms. The van der Waals surface area contributed by atoms with E-state index in [2.05, 4.69) is 0 Å². The third-order valence-corrected chi connectivity index (χ3v) is 4.35. The van der Waals surface area contributed by atoms with Crippen LogP contribution in [0.3, 0.4) is 0 Å². The van der Waals surface area contributed by atoms with E-state index in [1.165, 1.54) is 6.07 Å². The minimum Gasteiger partial charge on any atom is -0.484 e. The van der Waals surface area contributed by atoms with Crippen molar-refractivity contribution in [2.75, 3.05) is 6.54 Å². The number of hydrogen-bond acceptors (Lipinski definition) is 5. The van der Waals surface area contributed by atoms with E-state index in [-0.39, 0.29) is 29.7 Å². The fraction of sp³-hybridized carbons (Fsp3) is 0.571. The van der Waals surface area contributed by atoms with Gasteiger partial charge in [-0.05, 0) is 70.7 Å². The maximum absolute atomic E-state index is 12.5. The Balaban J connectivity index is 2.31. The van der Waals surface area contributed by atoms with Crippen molar-refractivity contribution in [1.82, 2.24) is 4.90 Å². The summed E-state index contributed by atoms with van der Waals surface area (Å²) in [7, 11) is 0. The van der Waals surface area contributed by atoms with Crippen molar-refractivity contribution < 1.29 is 19.2 Å². The standard InChI is InChI=1S/C21H30N2O5/c1-7-17-12-16(10-11-22(17)20(24)28-21(4,5)6)15-8-9-18(23(25)26)19(13-15)27-14(2)3/h8-9,12-14,17H,7,10-11H2,1-6H3. The molecule has 0 N–H and O–H groups in total. The molecule has 1 aromatic rings. The molecule has 2 rings (SSSR count). The summed E-state index contributed by atoms with van der Waals surface area (Å²) in [5.74, 6) is 0.265. The fourth-order valence-corrected chi connectivity index (χ4v) is 3.15. The number of nitro benzene ring substituents is 1. The number of hydrogen-bond donors (Lipinski definition) is 0. The number of benzene rings is 1. The lowest BCUT2D eigenvalue weighted by atomic mass is 9.94. The van der Waals surface area contributed by atoms with Crippen molar-refractivity contribution in [2.45, 2.75) is 72.1 Å². The summed E-state index contributed by atoms with van der Waals surface area (Å²) in [5, 5.41) is 11.3. The molecule has 0 fully saturated rings. The van der Waals surface area contributed by atoms with Crippen LogP contribution in [-0.2, 0) is 4.74 Å². The van der Waals surface area contributed by atoms with Crippen LogP contribution in [0, 0.1) is 10.1 Å². The third kappa shape index (κ3) is 5.47. The first-order valence-electron chi connectivity index (χ1n) is 9.67. The van der Waals surface area contributed by atoms with Crippen LogP contribution >= 0.6 is 0 Å². The predicted octanol–water partition coefficient (Wildman–Crippen LogP) is 5.18. The summed E-state index contributed by atoms with van der Waals surface area (Å²) in [5.41, 5.74) is 1.34. The second-order valence-corrected chi connectivity index (χ2v) is 8.20. The van der Waals surface area contributed by atoms with Crippen molar-refractivity contribution in [2.24, 2.45) is 0 Å². The zero-order chi connectivity index (χ0) is 21.1. The van der Waals surface area contributed by atoms with Crippen LogP contribution in [0.1, 0.15) is 59.9 Å². The number of rotatable bonds is 5. The van der Waals surface area contributed by atoms with Crippen LogP contribution in [0.15, 0.2) is 24.3 Å². The molecule has 154 valence electrons. The molecule has 1 aliphatic heterocycles. The predicted molar refractivity (Wildman–Crippen MR) is 108 cm³/mol. The minimum absolute atomic E-state index is 0.0451. The Labute approximate surface area is 166 Å². The largest absolute Gasteiger partial charge is 0.484 e. The molecule has 1 unspecified atom stereocenters. The van der Waals surface area contributed by atoms with Crippen molar-refractivity contribution in [3.05, 3.63) is 40.0 Å². The Morgan fingerprint density at radius 3 is 2.57 bits per heavy atom. The van der Waals surface area contributed by atoms with E-state index in [1.807, 2.05) is 47.6 Å². The summed E-state index contributed by atoms with van der Waals surface area (Å²) in [6, 6.07) is 4.87. The van der Waals surface area contributed by atoms with Gasteiger partial charge in [0.2, 0.25) is 0 Å². The van der Waals surface area contributed by atoms with Gasteiger partial charge in [-0.3, -0.25) is 10.1 Å². The molecule has 0 bridgehead atoms. The number of nitro groups is 1. The van der Waals surface area contributed by atoms with Gasteiger partial charge in [-0.2, -0.15) is 0 Å². The molecule has 1 amide bonds. The maximum atomic E-state index is 12.5. The second kappa shape index (κ2) is 8.63. The molecular weight excluding hydrogens is 360 g/mol. The van der Waals surface area contributed by atoms with E-state index in [1.54, 1.807) is 17.0 Å². The first kappa shape index (κ1) is 21.7. The molecule has 0 aliphatic carbocycles. The Hall–Kier alpha value is -2.57. The number of ether oxygens (including phenoxy) is 2. The molecule has 1 atom stereocenters. The Morgan fingerprint density at radius 2 is 2.04 bits per heavy atom. The molecular formula is C21H30N2O5. The van der Waals surface area contributed by atoms with Gasteiger partial charge in [-0.15, -0.1) is 0 Å². The van der Waals surface area contributed by atoms with Gasteiger partial charge in [0.15, 0.2) is 5.75 Å². The molecule has 1 aliphatic rings. The molecule has 0 aromatic heterocycles. The number of nitrogens with zero attached hydrogens (tertiary/aromatic N) is 2. The zero-order valence-electron chi connectivity index (χ0n) is 17.5. The molecule has 0 radical (unpaired) electrons. The highest BCUT2D eigenvalue weighted by Crippen LogP contribution is 2.34. The van der Waals surface area contributed by atoms with Gasteiger partial charge in [-0.25, -0.2) is 4.79 Å². The molecule has 0 saturated carbocycles. The first-order valence-corrected chi connectivity index (χ1v) is 9.67. The topological polar surface area (TPSA) is 81.9 Å². The molecule has 28 heavy (non-hydrogen) atoms. The lowest BCUT2D eigenvalue weighted by Gasteiger charge is -2.35. The molecule has 0 saturated heterocycles. The summed E-state index contributed by atoms with van der Waals surface area (Å²) >= 11 is 0. The normalized spacial score (nSPS) is 17.3. The quantitative estimate of drug-likeness (QED) is 0.511. The third-order valence-electron chi connectivity index (χ3n) is 4.35. The van der Waals surface area contributed by atoms with E-state index in [0.717, 1.165) is 17.6 Å². The summed E-state index contributed by atoms with van der Waals surface area (Å²) < 4.78 is 11.2. The van der Waals surface area contributed by atoms with Crippen molar-refractivity contribution in [3.8, 4) is 5.75 Å². The van der Waals surface area contributed by atoms with Crippen molar-refractivity contribution in [3.63, 3.8) is 0 Å². The van der Waals surface area contributed by atoms with E-state index in [9.17, 15) is 14.9 Å². The average Bonchev–Trinajstić information content (AvgIpc) is 2.58. The maximum Gasteiger partial charge on any atom is 0.410 e. The van der Waals surface area contributed by atoms with Crippen LogP contribution in [0.25, 0.3) is 5.57 Å². The molecule has 1 heterocycles. The van der Waals surface area contributed by atoms with Crippen LogP contribution in [0.4, 0.5) is 10.5 Å². The number of carbonyl (C=O) groups excluding carboxylic acids is 1. The summed E-state index contributed by atoms with van der Waals surface area (Å²) in [6.45, 7) is 11.8. The van der Waals surface area contributed by atoms with Crippen LogP contribution in [0.2, 0.25) is 0 Å². The van der Waals surface area contributed by atoms with Gasteiger partial charge in [0.25, 0.3) is 0 Å². The summed E-state index contributed by atoms with van der Waals surface area (Å²) in [6.07, 6.45) is 2.97. The zero-order valence-corrected chi connectivity index (χ0v) is 17.5. The number of amides is 1. The van der Waals surface area contributed by atoms with Crippen molar-refractivity contribution >= 4 is 17.4 Å². The van der Waals surface area contributed by atoms with Gasteiger partial charge < -0.3 is 14.4 Å². The first-order chi connectivity index (χ1) is 13.0. The van der Waals surface area contributed by atoms with E-state index < -0.39 is 10.5 Å². The highest BCUT2D eigenvalue weighted by Gasteiger charge is 2.30. The van der Waals surface area contributed by atoms with Crippen molar-refractivity contribution in [1.29, 1.82) is 0 Å². The van der Waals surface area contributed by atoms with Gasteiger partial charge >= 0.3 is 11.8 Å². The fourth-order valence-electron chi connectivity index (χ4n) is 3.15. The van der Waals surface area contributed by atoms with E-state index in [4.69, 9.17) is 9.47 Å². The molecule has 7 heteroatoms. The molecule has 1 aromatic carbocycles. The highest BCUT2D eigenvalue weighted by atomic mass is 16.6. The van der Waals surface area contributed by atoms with E-state index in [0.29, 0.717) is 13.0 Å². The van der Waals surface area contributed by atoms with Gasteiger partial charge in [0.05, 0.1) is 17.1 Å². The summed E-state index contributed by atoms with van der Waals surface area (Å²) in [4.78, 5) is 25.1. The van der Waals surface area contributed by atoms with Crippen LogP contribution < -0.4 is 4.74 Å². The van der Waals surface area contributed by atoms with Gasteiger partial charge in [0, 0.05) is 12.6 Å². The highest BCUT2D eigenvalue weighted by molar-refractivity contribution is 5.74.